The van der Waals surface area contributed by atoms with Crippen molar-refractivity contribution in [2.75, 3.05) is 0 Å². The zero-order chi connectivity index (χ0) is 4.50. The zero-order valence-electron chi connectivity index (χ0n) is 2.68. The fourth-order valence-corrected chi connectivity index (χ4v) is 0. The van der Waals surface area contributed by atoms with Crippen molar-refractivity contribution in [3.05, 3.63) is 0 Å². The van der Waals surface area contributed by atoms with Crippen molar-refractivity contribution < 1.29 is 18.5 Å². The van der Waals surface area contributed by atoms with Crippen LogP contribution in [0.2, 0.25) is 0 Å². The third-order valence-corrected chi connectivity index (χ3v) is 0. The zero-order valence-corrected chi connectivity index (χ0v) is 4.83. The van der Waals surface area contributed by atoms with E-state index in [1.54, 1.807) is 0 Å². The second kappa shape index (κ2) is 2.69. The molecule has 6 heavy (non-hydrogen) atoms. The minimum atomic E-state index is -5.86. The molecule has 0 aliphatic carbocycles. The van der Waals surface area contributed by atoms with E-state index in [1.807, 2.05) is 0 Å². The van der Waals surface area contributed by atoms with Crippen LogP contribution in [0, 0.1) is 0 Å². The van der Waals surface area contributed by atoms with Gasteiger partial charge in [-0.2, -0.15) is 0 Å². The van der Waals surface area contributed by atoms with Crippen molar-refractivity contribution in [2.45, 2.75) is 0 Å². The maximum atomic E-state index is 10.2. The van der Waals surface area contributed by atoms with Gasteiger partial charge in [-0.3, -0.25) is 0 Å². The molecule has 0 bridgehead atoms. The monoisotopic (exact) mass is 122 g/mol. The number of rotatable bonds is 0. The van der Waals surface area contributed by atoms with E-state index in [-0.39, 0.29) is 17.4 Å². The number of hydrogen-bond donors (Lipinski definition) is 0. The molecule has 0 N–H and O–H groups in total. The van der Waals surface area contributed by atoms with Gasteiger partial charge < -0.3 is 18.5 Å². The van der Waals surface area contributed by atoms with Crippen LogP contribution in [0.15, 0.2) is 0 Å². The van der Waals surface area contributed by atoms with Gasteiger partial charge >= 0.3 is 17.4 Å². The van der Waals surface area contributed by atoms with Gasteiger partial charge in [-0.1, -0.05) is 9.14 Å². The van der Waals surface area contributed by atoms with Crippen LogP contribution in [0.5, 0.6) is 0 Å². The summed E-state index contributed by atoms with van der Waals surface area (Å²) in [6.07, 6.45) is 0. The van der Waals surface area contributed by atoms with Crippen LogP contribution in [0.25, 0.3) is 0 Å². The molecule has 0 aromatic rings. The van der Waals surface area contributed by atoms with E-state index in [9.17, 15) is 4.11 Å². The normalized spacial score (nSPS) is 10.0. The van der Waals surface area contributed by atoms with Crippen LogP contribution in [0.4, 0.5) is 4.11 Å². The molecule has 6 heteroatoms. The molecule has 0 spiro atoms. The fraction of sp³-hybridized carbons (Fsp3) is 0. The van der Waals surface area contributed by atoms with E-state index in [0.29, 0.717) is 0 Å². The minimum Gasteiger partial charge on any atom is -0.857 e. The summed E-state index contributed by atoms with van der Waals surface area (Å²) in [6, 6.07) is 0. The largest absolute Gasteiger partial charge is 3.00 e. The Morgan fingerprint density at radius 3 is 1.17 bits per heavy atom. The van der Waals surface area contributed by atoms with E-state index < -0.39 is 9.14 Å². The molecule has 0 saturated heterocycles. The van der Waals surface area contributed by atoms with Crippen molar-refractivity contribution in [3.8, 4) is 0 Å². The Bertz CT molecular complexity index is 26.3. The van der Waals surface area contributed by atoms with Crippen molar-refractivity contribution in [1.82, 2.24) is 0 Å². The first kappa shape index (κ1) is 9.75. The molecule has 32 valence electrons. The molecule has 0 unspecified atom stereocenters. The van der Waals surface area contributed by atoms with Gasteiger partial charge in [-0.15, -0.1) is 0 Å². The molecule has 0 radical (unpaired) electrons. The Morgan fingerprint density at radius 2 is 1.17 bits per heavy atom. The molecule has 0 heterocycles. The molecule has 0 saturated carbocycles. The molecular formula is AlFO3Si. The van der Waals surface area contributed by atoms with Gasteiger partial charge in [0.25, 0.3) is 0 Å². The third kappa shape index (κ3) is 185. The van der Waals surface area contributed by atoms with Gasteiger partial charge in [0.15, 0.2) is 0 Å². The molecule has 0 rings (SSSR count). The van der Waals surface area contributed by atoms with E-state index in [2.05, 4.69) is 0 Å². The Balaban J connectivity index is 0. The summed E-state index contributed by atoms with van der Waals surface area (Å²) in [5, 5.41) is 0. The average molecular weight is 122 g/mol. The summed E-state index contributed by atoms with van der Waals surface area (Å²) in [5.74, 6) is 0. The first-order valence-electron chi connectivity index (χ1n) is 0.801. The minimum absolute atomic E-state index is 0. The maximum Gasteiger partial charge on any atom is 3.00 e. The van der Waals surface area contributed by atoms with Crippen molar-refractivity contribution in [3.63, 3.8) is 0 Å². The first-order chi connectivity index (χ1) is 2.00. The van der Waals surface area contributed by atoms with Crippen molar-refractivity contribution in [2.24, 2.45) is 0 Å². The van der Waals surface area contributed by atoms with E-state index in [0.717, 1.165) is 0 Å². The Hall–Kier alpha value is 0.559. The third-order valence-electron chi connectivity index (χ3n) is 0. The quantitative estimate of drug-likeness (QED) is 0.243. The summed E-state index contributed by atoms with van der Waals surface area (Å²) in [4.78, 5) is 25.4. The predicted molar refractivity (Wildman–Crippen MR) is 12.6 cm³/mol. The molecule has 0 aromatic carbocycles. The standard InChI is InChI=1S/Al.FO3Si/c;1-5(2,3)4/q+3;-3. The molecular weight excluding hydrogens is 122 g/mol. The topological polar surface area (TPSA) is 69.2 Å². The molecule has 0 amide bonds. The summed E-state index contributed by atoms with van der Waals surface area (Å²) < 4.78 is 10.2. The average Bonchev–Trinajstić information content (AvgIpc) is 0.722. The van der Waals surface area contributed by atoms with Gasteiger partial charge in [0, 0.05) is 0 Å². The summed E-state index contributed by atoms with van der Waals surface area (Å²) >= 11 is 0. The Kier molecular flexibility index (Phi) is 4.37. The summed E-state index contributed by atoms with van der Waals surface area (Å²) in [5.41, 5.74) is 0. The van der Waals surface area contributed by atoms with Crippen LogP contribution >= 0.6 is 0 Å². The Morgan fingerprint density at radius 1 is 1.17 bits per heavy atom. The molecule has 0 atom stereocenters. The van der Waals surface area contributed by atoms with Crippen molar-refractivity contribution in [1.29, 1.82) is 0 Å². The van der Waals surface area contributed by atoms with Crippen LogP contribution < -0.4 is 14.4 Å². The van der Waals surface area contributed by atoms with Crippen molar-refractivity contribution >= 4 is 26.5 Å². The maximum absolute atomic E-state index is 10.2. The van der Waals surface area contributed by atoms with Gasteiger partial charge in [0.05, 0.1) is 0 Å². The second-order valence-electron chi connectivity index (χ2n) is 0.481. The second-order valence-corrected chi connectivity index (χ2v) is 1.44. The van der Waals surface area contributed by atoms with E-state index in [4.69, 9.17) is 14.4 Å². The van der Waals surface area contributed by atoms with Gasteiger partial charge in [0.1, 0.15) is 0 Å². The molecule has 0 aliphatic rings. The van der Waals surface area contributed by atoms with Gasteiger partial charge in [-0.05, 0) is 0 Å². The SMILES string of the molecule is [Al+3].[O-][Si]([O-])([O-])F. The van der Waals surface area contributed by atoms with E-state index >= 15 is 0 Å². The fourth-order valence-electron chi connectivity index (χ4n) is 0. The van der Waals surface area contributed by atoms with Crippen LogP contribution in [0.3, 0.4) is 0 Å². The predicted octanol–water partition coefficient (Wildman–Crippen LogP) is -3.91. The number of halogens is 1. The number of hydrogen-bond acceptors (Lipinski definition) is 3. The summed E-state index contributed by atoms with van der Waals surface area (Å²) in [6.45, 7) is 0. The van der Waals surface area contributed by atoms with Crippen LogP contribution in [0.1, 0.15) is 0 Å². The molecule has 0 aromatic heterocycles. The first-order valence-corrected chi connectivity index (χ1v) is 2.40. The van der Waals surface area contributed by atoms with Gasteiger partial charge in [-0.25, -0.2) is 0 Å². The van der Waals surface area contributed by atoms with Crippen LogP contribution in [-0.2, 0) is 0 Å². The van der Waals surface area contributed by atoms with Gasteiger partial charge in [0.2, 0.25) is 0 Å². The molecule has 0 fully saturated rings. The smallest absolute Gasteiger partial charge is 0.857 e. The van der Waals surface area contributed by atoms with E-state index in [1.165, 1.54) is 0 Å². The van der Waals surface area contributed by atoms with Crippen LogP contribution in [-0.4, -0.2) is 26.5 Å². The molecule has 3 nitrogen and oxygen atoms in total. The Labute approximate surface area is 45.7 Å². The molecule has 0 aliphatic heterocycles. The summed E-state index contributed by atoms with van der Waals surface area (Å²) in [7, 11) is -5.86.